The van der Waals surface area contributed by atoms with Crippen LogP contribution in [0.5, 0.6) is 0 Å². The number of unbranched alkanes of at least 4 members (excludes halogenated alkanes) is 19. The van der Waals surface area contributed by atoms with Crippen molar-refractivity contribution in [2.45, 2.75) is 282 Å². The van der Waals surface area contributed by atoms with Gasteiger partial charge in [0.05, 0.1) is 25.4 Å². The van der Waals surface area contributed by atoms with Crippen molar-refractivity contribution in [1.29, 1.82) is 0 Å². The third kappa shape index (κ3) is 42.6. The summed E-state index contributed by atoms with van der Waals surface area (Å²) < 4.78 is 17.6. The average molecular weight is 1100 g/mol. The molecule has 1 rings (SSSR count). The normalized spacial score (nSPS) is 19.7. The fourth-order valence-electron chi connectivity index (χ4n) is 8.90. The maximum atomic E-state index is 13.4. The maximum Gasteiger partial charge on any atom is 0.306 e. The quantitative estimate of drug-likeness (QED) is 0.0195. The van der Waals surface area contributed by atoms with E-state index in [4.69, 9.17) is 14.2 Å². The Morgan fingerprint density at radius 2 is 0.911 bits per heavy atom. The highest BCUT2D eigenvalue weighted by atomic mass is 16.7. The molecule has 1 aliphatic rings. The Hall–Kier alpha value is -3.94. The number of hydrogen-bond donors (Lipinski definition) is 6. The first kappa shape index (κ1) is 73.1. The smallest absolute Gasteiger partial charge is 0.306 e. The van der Waals surface area contributed by atoms with Crippen molar-refractivity contribution < 1.29 is 49.3 Å². The zero-order chi connectivity index (χ0) is 57.5. The lowest BCUT2D eigenvalue weighted by Crippen LogP contribution is -2.61. The number of aliphatic hydroxyl groups excluding tert-OH is 5. The largest absolute Gasteiger partial charge is 0.454 e. The number of amides is 1. The summed E-state index contributed by atoms with van der Waals surface area (Å²) >= 11 is 0. The lowest BCUT2D eigenvalue weighted by atomic mass is 9.99. The van der Waals surface area contributed by atoms with Gasteiger partial charge >= 0.3 is 5.97 Å². The van der Waals surface area contributed by atoms with E-state index in [1.807, 2.05) is 12.2 Å². The Bertz CT molecular complexity index is 1740. The molecule has 79 heavy (non-hydrogen) atoms. The summed E-state index contributed by atoms with van der Waals surface area (Å²) in [5.74, 6) is -1.27. The third-order valence-electron chi connectivity index (χ3n) is 13.8. The van der Waals surface area contributed by atoms with Crippen LogP contribution in [-0.4, -0.2) is 99.6 Å². The molecule has 1 fully saturated rings. The zero-order valence-corrected chi connectivity index (χ0v) is 49.7. The summed E-state index contributed by atoms with van der Waals surface area (Å²) in [5, 5.41) is 57.0. The monoisotopic (exact) mass is 1100 g/mol. The van der Waals surface area contributed by atoms with Crippen LogP contribution in [0.15, 0.2) is 122 Å². The van der Waals surface area contributed by atoms with Gasteiger partial charge in [-0.3, -0.25) is 9.59 Å². The molecule has 0 aliphatic carbocycles. The van der Waals surface area contributed by atoms with Crippen LogP contribution in [0, 0.1) is 0 Å². The van der Waals surface area contributed by atoms with Gasteiger partial charge in [-0.25, -0.2) is 0 Å². The molecule has 0 radical (unpaired) electrons. The van der Waals surface area contributed by atoms with Gasteiger partial charge in [0, 0.05) is 6.42 Å². The molecule has 8 unspecified atom stereocenters. The number of nitrogens with one attached hydrogen (secondary N) is 1. The second kappa shape index (κ2) is 54.6. The van der Waals surface area contributed by atoms with Gasteiger partial charge in [-0.05, 0) is 116 Å². The molecule has 0 aromatic carbocycles. The van der Waals surface area contributed by atoms with Gasteiger partial charge in [0.1, 0.15) is 24.4 Å². The fraction of sp³-hybridized carbons (Fsp3) is 0.676. The van der Waals surface area contributed by atoms with E-state index < -0.39 is 67.4 Å². The molecule has 0 aromatic heterocycles. The van der Waals surface area contributed by atoms with Crippen molar-refractivity contribution in [3.63, 3.8) is 0 Å². The summed E-state index contributed by atoms with van der Waals surface area (Å²) in [4.78, 5) is 26.5. The molecule has 0 saturated carbocycles. The van der Waals surface area contributed by atoms with E-state index in [1.54, 1.807) is 6.08 Å². The molecule has 1 aliphatic heterocycles. The van der Waals surface area contributed by atoms with Crippen LogP contribution in [0.25, 0.3) is 0 Å². The molecular weight excluding hydrogens is 991 g/mol. The Morgan fingerprint density at radius 1 is 0.506 bits per heavy atom. The number of allylic oxidation sites excluding steroid dienone is 19. The molecule has 11 nitrogen and oxygen atoms in total. The van der Waals surface area contributed by atoms with Crippen LogP contribution in [0.4, 0.5) is 0 Å². The molecule has 8 atom stereocenters. The van der Waals surface area contributed by atoms with Gasteiger partial charge in [-0.2, -0.15) is 0 Å². The van der Waals surface area contributed by atoms with Gasteiger partial charge in [-0.1, -0.05) is 232 Å². The molecule has 6 N–H and O–H groups in total. The molecule has 0 spiro atoms. The van der Waals surface area contributed by atoms with Crippen molar-refractivity contribution in [2.24, 2.45) is 0 Å². The molecule has 1 heterocycles. The minimum absolute atomic E-state index is 0.0858. The topological polar surface area (TPSA) is 175 Å². The number of carbonyl (C=O) groups excluding carboxylic acids is 2. The van der Waals surface area contributed by atoms with Gasteiger partial charge < -0.3 is 45.1 Å². The van der Waals surface area contributed by atoms with Gasteiger partial charge in [-0.15, -0.1) is 0 Å². The van der Waals surface area contributed by atoms with Crippen molar-refractivity contribution in [3.8, 4) is 0 Å². The van der Waals surface area contributed by atoms with Crippen molar-refractivity contribution in [2.75, 3.05) is 13.2 Å². The summed E-state index contributed by atoms with van der Waals surface area (Å²) in [7, 11) is 0. The first-order valence-corrected chi connectivity index (χ1v) is 31.3. The average Bonchev–Trinajstić information content (AvgIpc) is 3.49. The number of hydrogen-bond acceptors (Lipinski definition) is 10. The van der Waals surface area contributed by atoms with Gasteiger partial charge in [0.25, 0.3) is 0 Å². The molecule has 11 heteroatoms. The second-order valence-corrected chi connectivity index (χ2v) is 21.0. The van der Waals surface area contributed by atoms with Crippen LogP contribution in [-0.2, 0) is 23.8 Å². The van der Waals surface area contributed by atoms with Gasteiger partial charge in [0.2, 0.25) is 5.91 Å². The summed E-state index contributed by atoms with van der Waals surface area (Å²) in [6, 6.07) is -1.06. The number of ether oxygens (including phenoxy) is 3. The Balaban J connectivity index is 2.76. The van der Waals surface area contributed by atoms with Crippen molar-refractivity contribution >= 4 is 11.9 Å². The fourth-order valence-corrected chi connectivity index (χ4v) is 8.90. The first-order chi connectivity index (χ1) is 38.7. The van der Waals surface area contributed by atoms with Crippen LogP contribution in [0.2, 0.25) is 0 Å². The van der Waals surface area contributed by atoms with Crippen molar-refractivity contribution in [1.82, 2.24) is 5.32 Å². The number of esters is 1. The van der Waals surface area contributed by atoms with Crippen LogP contribution >= 0.6 is 0 Å². The highest BCUT2D eigenvalue weighted by molar-refractivity contribution is 5.80. The predicted molar refractivity (Wildman–Crippen MR) is 328 cm³/mol. The van der Waals surface area contributed by atoms with Crippen LogP contribution in [0.1, 0.15) is 233 Å². The van der Waals surface area contributed by atoms with Gasteiger partial charge in [0.15, 0.2) is 12.4 Å². The van der Waals surface area contributed by atoms with Crippen molar-refractivity contribution in [3.05, 3.63) is 122 Å². The molecule has 450 valence electrons. The van der Waals surface area contributed by atoms with Crippen LogP contribution < -0.4 is 5.32 Å². The molecule has 0 aromatic rings. The highest BCUT2D eigenvalue weighted by Crippen LogP contribution is 2.26. The van der Waals surface area contributed by atoms with E-state index in [0.717, 1.165) is 109 Å². The number of rotatable bonds is 51. The Labute approximate surface area is 480 Å². The number of carbonyl (C=O) groups is 2. The van der Waals surface area contributed by atoms with E-state index in [9.17, 15) is 35.1 Å². The lowest BCUT2D eigenvalue weighted by molar-refractivity contribution is -0.305. The summed E-state index contributed by atoms with van der Waals surface area (Å²) in [6.45, 7) is 5.60. The summed E-state index contributed by atoms with van der Waals surface area (Å²) in [6.07, 6.45) is 65.2. The van der Waals surface area contributed by atoms with E-state index in [-0.39, 0.29) is 19.4 Å². The van der Waals surface area contributed by atoms with E-state index in [1.165, 1.54) is 70.6 Å². The molecule has 1 amide bonds. The Kier molecular flexibility index (Phi) is 50.5. The minimum atomic E-state index is -1.64. The molecule has 1 saturated heterocycles. The molecular formula is C68H113NO10. The van der Waals surface area contributed by atoms with Crippen LogP contribution in [0.3, 0.4) is 0 Å². The van der Waals surface area contributed by atoms with E-state index in [0.29, 0.717) is 19.3 Å². The Morgan fingerprint density at radius 3 is 1.39 bits per heavy atom. The summed E-state index contributed by atoms with van der Waals surface area (Å²) in [5.41, 5.74) is 0. The predicted octanol–water partition coefficient (Wildman–Crippen LogP) is 15.1. The SMILES string of the molecule is CC/C=C\C/C=C\C/C=C\C/C=C\C/C=C\C/C=C\CCCC(O)C(=O)NC(COC1OC(CO)C(O)C(O)C1OC(=O)CCCCCC/C=C\C/C=C\C/C=C\CCCCC)C(O)/C=C/CCCCCCCCCCCCC. The second-order valence-electron chi connectivity index (χ2n) is 21.0. The van der Waals surface area contributed by atoms with E-state index >= 15 is 0 Å². The minimum Gasteiger partial charge on any atom is -0.454 e. The maximum absolute atomic E-state index is 13.4. The highest BCUT2D eigenvalue weighted by Gasteiger charge is 2.47. The lowest BCUT2D eigenvalue weighted by Gasteiger charge is -2.41. The van der Waals surface area contributed by atoms with E-state index in [2.05, 4.69) is 129 Å². The number of aliphatic hydroxyl groups is 5. The zero-order valence-electron chi connectivity index (χ0n) is 49.7. The first-order valence-electron chi connectivity index (χ1n) is 31.3. The molecule has 0 bridgehead atoms. The standard InChI is InChI=1S/C68H113NO10/c1-4-7-10-13-16-19-22-25-27-29-30-31-33-34-37-40-43-46-49-52-55-61(72)67(76)69-59(60(71)54-51-48-45-42-39-36-24-21-18-15-12-9-6-3)58-77-68-66(65(75)64(74)62(57-70)78-68)79-63(73)56-53-50-47-44-41-38-35-32-28-26-23-20-17-14-11-8-5-2/h7,10,16-17,19-20,25-28,30-31,34-35,37-38,43,46,51,54,59-62,64-66,68,70-72,74-75H,4-6,8-9,11-15,18,21-24,29,32-33,36,39-42,44-45,47-50,52-53,55-58H2,1-3H3,(H,69,76)/b10-7-,19-16-,20-17-,27-25-,28-26-,31-30-,37-34-,38-35-,46-43-,54-51+. The third-order valence-corrected chi connectivity index (χ3v) is 13.8.